The van der Waals surface area contributed by atoms with Crippen LogP contribution in [0.4, 0.5) is 5.82 Å². The molecule has 0 aromatic carbocycles. The summed E-state index contributed by atoms with van der Waals surface area (Å²) in [4.78, 5) is 21.0. The minimum Gasteiger partial charge on any atom is -0.464 e. The van der Waals surface area contributed by atoms with E-state index < -0.39 is 10.9 Å². The van der Waals surface area contributed by atoms with E-state index in [1.54, 1.807) is 22.6 Å². The van der Waals surface area contributed by atoms with E-state index in [1.165, 1.54) is 14.2 Å². The van der Waals surface area contributed by atoms with Gasteiger partial charge in [0.2, 0.25) is 0 Å². The first-order chi connectivity index (χ1) is 6.49. The number of carbonyl (C=O) groups is 1. The predicted octanol–water partition coefficient (Wildman–Crippen LogP) is 0.719. The molecule has 0 fully saturated rings. The normalized spacial score (nSPS) is 9.93. The number of hydrogen-bond donors (Lipinski definition) is 0. The largest absolute Gasteiger partial charge is 0.464 e. The zero-order valence-electron chi connectivity index (χ0n) is 7.35. The zero-order valence-corrected chi connectivity index (χ0v) is 9.51. The van der Waals surface area contributed by atoms with Crippen molar-refractivity contribution in [2.45, 2.75) is 0 Å². The van der Waals surface area contributed by atoms with Crippen LogP contribution >= 0.6 is 22.6 Å². The standard InChI is InChI=1S/C6H6IN3O4/c1-9-4(6(11)14-2)3(7)5(8-9)10(12)13/h1-2H3. The molecule has 0 radical (unpaired) electrons. The van der Waals surface area contributed by atoms with Crippen molar-refractivity contribution in [1.82, 2.24) is 9.78 Å². The van der Waals surface area contributed by atoms with Crippen molar-refractivity contribution < 1.29 is 14.5 Å². The van der Waals surface area contributed by atoms with Crippen molar-refractivity contribution in [2.24, 2.45) is 7.05 Å². The first kappa shape index (κ1) is 10.9. The van der Waals surface area contributed by atoms with Gasteiger partial charge in [0.15, 0.2) is 5.69 Å². The number of aromatic nitrogens is 2. The van der Waals surface area contributed by atoms with Crippen molar-refractivity contribution in [3.8, 4) is 0 Å². The molecule has 0 amide bonds. The Balaban J connectivity index is 3.31. The molecule has 0 atom stereocenters. The van der Waals surface area contributed by atoms with Gasteiger partial charge in [-0.2, -0.15) is 4.68 Å². The second kappa shape index (κ2) is 3.90. The molecule has 0 saturated heterocycles. The summed E-state index contributed by atoms with van der Waals surface area (Å²) in [5, 5.41) is 14.1. The highest BCUT2D eigenvalue weighted by Crippen LogP contribution is 2.23. The maximum atomic E-state index is 11.2. The van der Waals surface area contributed by atoms with Crippen molar-refractivity contribution >= 4 is 34.4 Å². The van der Waals surface area contributed by atoms with Gasteiger partial charge in [-0.1, -0.05) is 0 Å². The van der Waals surface area contributed by atoms with Gasteiger partial charge in [-0.15, -0.1) is 0 Å². The van der Waals surface area contributed by atoms with Crippen molar-refractivity contribution in [3.05, 3.63) is 19.4 Å². The van der Waals surface area contributed by atoms with E-state index in [1.807, 2.05) is 0 Å². The summed E-state index contributed by atoms with van der Waals surface area (Å²) in [6.45, 7) is 0. The summed E-state index contributed by atoms with van der Waals surface area (Å²) >= 11 is 1.69. The maximum absolute atomic E-state index is 11.2. The minimum absolute atomic E-state index is 0.0831. The van der Waals surface area contributed by atoms with E-state index in [9.17, 15) is 14.9 Å². The van der Waals surface area contributed by atoms with Crippen LogP contribution in [-0.4, -0.2) is 27.8 Å². The van der Waals surface area contributed by atoms with E-state index in [-0.39, 0.29) is 15.1 Å². The summed E-state index contributed by atoms with van der Waals surface area (Å²) in [5.74, 6) is -0.981. The molecule has 1 aromatic rings. The molecule has 0 bridgehead atoms. The van der Waals surface area contributed by atoms with Crippen LogP contribution in [0.1, 0.15) is 10.5 Å². The molecule has 1 rings (SSSR count). The van der Waals surface area contributed by atoms with Gasteiger partial charge in [0.05, 0.1) is 19.3 Å². The molecule has 0 aliphatic rings. The van der Waals surface area contributed by atoms with Crippen LogP contribution < -0.4 is 0 Å². The molecule has 0 aliphatic heterocycles. The molecule has 14 heavy (non-hydrogen) atoms. The second-order valence-electron chi connectivity index (χ2n) is 2.36. The summed E-state index contributed by atoms with van der Waals surface area (Å²) in [6, 6.07) is 0. The van der Waals surface area contributed by atoms with Crippen LogP contribution in [0.15, 0.2) is 0 Å². The number of carbonyl (C=O) groups excluding carboxylic acids is 1. The van der Waals surface area contributed by atoms with E-state index >= 15 is 0 Å². The van der Waals surface area contributed by atoms with Crippen LogP contribution in [0, 0.1) is 13.7 Å². The van der Waals surface area contributed by atoms with Crippen molar-refractivity contribution in [3.63, 3.8) is 0 Å². The van der Waals surface area contributed by atoms with Crippen LogP contribution in [0.2, 0.25) is 0 Å². The minimum atomic E-state index is -0.645. The van der Waals surface area contributed by atoms with Gasteiger partial charge in [0.25, 0.3) is 0 Å². The van der Waals surface area contributed by atoms with Crippen LogP contribution in [-0.2, 0) is 11.8 Å². The molecular weight excluding hydrogens is 305 g/mol. The first-order valence-corrected chi connectivity index (χ1v) is 4.52. The fourth-order valence-corrected chi connectivity index (χ4v) is 1.79. The van der Waals surface area contributed by atoms with Gasteiger partial charge >= 0.3 is 11.8 Å². The Labute approximate surface area is 92.3 Å². The number of ether oxygens (including phenoxy) is 1. The molecule has 0 N–H and O–H groups in total. The Bertz CT molecular complexity index is 400. The zero-order chi connectivity index (χ0) is 10.9. The first-order valence-electron chi connectivity index (χ1n) is 3.44. The lowest BCUT2D eigenvalue weighted by molar-refractivity contribution is -0.390. The fourth-order valence-electron chi connectivity index (χ4n) is 0.919. The summed E-state index contributed by atoms with van der Waals surface area (Å²) in [5.41, 5.74) is 0.0831. The predicted molar refractivity (Wildman–Crippen MR) is 53.9 cm³/mol. The van der Waals surface area contributed by atoms with E-state index in [0.29, 0.717) is 0 Å². The second-order valence-corrected chi connectivity index (χ2v) is 3.44. The fraction of sp³-hybridized carbons (Fsp3) is 0.333. The Kier molecular flexibility index (Phi) is 3.03. The lowest BCUT2D eigenvalue weighted by Gasteiger charge is -1.95. The lowest BCUT2D eigenvalue weighted by Crippen LogP contribution is -2.09. The van der Waals surface area contributed by atoms with Gasteiger partial charge in [-0.05, 0) is 27.5 Å². The highest BCUT2D eigenvalue weighted by Gasteiger charge is 2.29. The molecule has 0 spiro atoms. The van der Waals surface area contributed by atoms with Gasteiger partial charge < -0.3 is 14.9 Å². The molecule has 0 aliphatic carbocycles. The molecule has 0 unspecified atom stereocenters. The quantitative estimate of drug-likeness (QED) is 0.347. The van der Waals surface area contributed by atoms with Gasteiger partial charge in [0, 0.05) is 0 Å². The number of nitrogens with zero attached hydrogens (tertiary/aromatic N) is 3. The van der Waals surface area contributed by atoms with Crippen LogP contribution in [0.25, 0.3) is 0 Å². The number of esters is 1. The van der Waals surface area contributed by atoms with E-state index in [4.69, 9.17) is 0 Å². The topological polar surface area (TPSA) is 87.3 Å². The number of methoxy groups -OCH3 is 1. The number of rotatable bonds is 2. The molecular formula is C6H6IN3O4. The summed E-state index contributed by atoms with van der Waals surface area (Å²) in [6.07, 6.45) is 0. The third-order valence-corrected chi connectivity index (χ3v) is 2.52. The smallest absolute Gasteiger partial charge is 0.404 e. The third-order valence-electron chi connectivity index (χ3n) is 1.52. The summed E-state index contributed by atoms with van der Waals surface area (Å²) < 4.78 is 5.78. The van der Waals surface area contributed by atoms with E-state index in [2.05, 4.69) is 9.84 Å². The molecule has 8 heteroatoms. The van der Waals surface area contributed by atoms with Crippen molar-refractivity contribution in [2.75, 3.05) is 7.11 Å². The molecule has 1 heterocycles. The highest BCUT2D eigenvalue weighted by atomic mass is 127. The Morgan fingerprint density at radius 3 is 2.64 bits per heavy atom. The highest BCUT2D eigenvalue weighted by molar-refractivity contribution is 14.1. The van der Waals surface area contributed by atoms with Crippen molar-refractivity contribution in [1.29, 1.82) is 0 Å². The third kappa shape index (κ3) is 1.69. The number of hydrogen-bond acceptors (Lipinski definition) is 5. The Morgan fingerprint density at radius 2 is 2.29 bits per heavy atom. The molecule has 7 nitrogen and oxygen atoms in total. The monoisotopic (exact) mass is 311 g/mol. The SMILES string of the molecule is COC(=O)c1c(I)c([N+](=O)[O-])nn1C. The average Bonchev–Trinajstić information content (AvgIpc) is 2.41. The number of aryl methyl sites for hydroxylation is 1. The Morgan fingerprint density at radius 1 is 1.71 bits per heavy atom. The van der Waals surface area contributed by atoms with E-state index in [0.717, 1.165) is 4.68 Å². The number of halogens is 1. The van der Waals surface area contributed by atoms with Crippen LogP contribution in [0.5, 0.6) is 0 Å². The van der Waals surface area contributed by atoms with Gasteiger partial charge in [-0.25, -0.2) is 4.79 Å². The average molecular weight is 311 g/mol. The maximum Gasteiger partial charge on any atom is 0.404 e. The van der Waals surface area contributed by atoms with Gasteiger partial charge in [-0.3, -0.25) is 0 Å². The summed E-state index contributed by atoms with van der Waals surface area (Å²) in [7, 11) is 2.65. The molecule has 76 valence electrons. The molecule has 1 aromatic heterocycles. The Hall–Kier alpha value is -1.19. The van der Waals surface area contributed by atoms with Gasteiger partial charge in [0.1, 0.15) is 3.57 Å². The van der Waals surface area contributed by atoms with Crippen LogP contribution in [0.3, 0.4) is 0 Å². The molecule has 0 saturated carbocycles. The number of nitro groups is 1. The lowest BCUT2D eigenvalue weighted by atomic mass is 10.4.